The number of hydroxylamine groups is 2. The lowest BCUT2D eigenvalue weighted by atomic mass is 10.1. The largest absolute Gasteiger partial charge is 0.497 e. The minimum Gasteiger partial charge on any atom is -0.497 e. The third-order valence-corrected chi connectivity index (χ3v) is 3.53. The lowest BCUT2D eigenvalue weighted by Gasteiger charge is -2.25. The van der Waals surface area contributed by atoms with Crippen molar-refractivity contribution in [3.8, 4) is 5.75 Å². The molecule has 0 aliphatic carbocycles. The zero-order valence-electron chi connectivity index (χ0n) is 12.6. The molecule has 1 heterocycles. The van der Waals surface area contributed by atoms with Gasteiger partial charge in [-0.2, -0.15) is 5.06 Å². The number of methoxy groups -OCH3 is 1. The maximum atomic E-state index is 11.8. The SMILES string of the molecule is COc1cccc(CCNC(=O)CCN2CCCCO2)c1. The number of hydrogen-bond acceptors (Lipinski definition) is 4. The molecule has 0 aromatic heterocycles. The molecule has 1 aromatic carbocycles. The van der Waals surface area contributed by atoms with Crippen LogP contribution < -0.4 is 10.1 Å². The van der Waals surface area contributed by atoms with E-state index in [9.17, 15) is 4.79 Å². The summed E-state index contributed by atoms with van der Waals surface area (Å²) in [7, 11) is 1.66. The van der Waals surface area contributed by atoms with Crippen molar-refractivity contribution in [3.05, 3.63) is 29.8 Å². The normalized spacial score (nSPS) is 15.7. The fourth-order valence-corrected chi connectivity index (χ4v) is 2.31. The average Bonchev–Trinajstić information content (AvgIpc) is 2.54. The molecule has 1 amide bonds. The van der Waals surface area contributed by atoms with Gasteiger partial charge in [0, 0.05) is 26.1 Å². The Morgan fingerprint density at radius 2 is 2.33 bits per heavy atom. The van der Waals surface area contributed by atoms with E-state index >= 15 is 0 Å². The zero-order valence-corrected chi connectivity index (χ0v) is 12.6. The molecule has 0 radical (unpaired) electrons. The van der Waals surface area contributed by atoms with Gasteiger partial charge in [0.05, 0.1) is 13.7 Å². The molecule has 1 aromatic rings. The average molecular weight is 292 g/mol. The number of nitrogens with zero attached hydrogens (tertiary/aromatic N) is 1. The molecule has 1 aliphatic heterocycles. The molecular weight excluding hydrogens is 268 g/mol. The van der Waals surface area contributed by atoms with E-state index in [1.54, 1.807) is 7.11 Å². The zero-order chi connectivity index (χ0) is 14.9. The number of carbonyl (C=O) groups excluding carboxylic acids is 1. The molecule has 21 heavy (non-hydrogen) atoms. The van der Waals surface area contributed by atoms with Crippen molar-refractivity contribution in [3.63, 3.8) is 0 Å². The summed E-state index contributed by atoms with van der Waals surface area (Å²) in [5.74, 6) is 0.924. The van der Waals surface area contributed by atoms with Crippen LogP contribution in [0.15, 0.2) is 24.3 Å². The summed E-state index contributed by atoms with van der Waals surface area (Å²) in [4.78, 5) is 17.2. The molecule has 5 heteroatoms. The second-order valence-corrected chi connectivity index (χ2v) is 5.17. The van der Waals surface area contributed by atoms with Crippen molar-refractivity contribution in [1.82, 2.24) is 10.4 Å². The number of ether oxygens (including phenoxy) is 1. The first-order valence-corrected chi connectivity index (χ1v) is 7.55. The van der Waals surface area contributed by atoms with Crippen molar-refractivity contribution >= 4 is 5.91 Å². The van der Waals surface area contributed by atoms with E-state index in [4.69, 9.17) is 9.57 Å². The first-order chi connectivity index (χ1) is 10.3. The van der Waals surface area contributed by atoms with Crippen LogP contribution in [0.4, 0.5) is 0 Å². The number of amides is 1. The van der Waals surface area contributed by atoms with Gasteiger partial charge in [0.2, 0.25) is 5.91 Å². The number of rotatable bonds is 7. The summed E-state index contributed by atoms with van der Waals surface area (Å²) in [6, 6.07) is 7.91. The van der Waals surface area contributed by atoms with Crippen LogP contribution in [0.1, 0.15) is 24.8 Å². The second kappa shape index (κ2) is 8.64. The minimum absolute atomic E-state index is 0.0760. The van der Waals surface area contributed by atoms with Gasteiger partial charge < -0.3 is 10.1 Å². The summed E-state index contributed by atoms with van der Waals surface area (Å²) in [5, 5.41) is 4.84. The molecule has 0 saturated carbocycles. The molecule has 0 bridgehead atoms. The van der Waals surface area contributed by atoms with Gasteiger partial charge in [-0.05, 0) is 37.0 Å². The predicted octanol–water partition coefficient (Wildman–Crippen LogP) is 1.77. The van der Waals surface area contributed by atoms with Crippen LogP contribution in [0, 0.1) is 0 Å². The van der Waals surface area contributed by atoms with Crippen molar-refractivity contribution in [2.75, 3.05) is 33.4 Å². The maximum Gasteiger partial charge on any atom is 0.221 e. The highest BCUT2D eigenvalue weighted by Gasteiger charge is 2.12. The van der Waals surface area contributed by atoms with Crippen molar-refractivity contribution in [1.29, 1.82) is 0 Å². The minimum atomic E-state index is 0.0760. The van der Waals surface area contributed by atoms with Crippen LogP contribution in [0.25, 0.3) is 0 Å². The molecule has 1 fully saturated rings. The number of hydrogen-bond donors (Lipinski definition) is 1. The third kappa shape index (κ3) is 5.73. The van der Waals surface area contributed by atoms with Crippen LogP contribution in [0.2, 0.25) is 0 Å². The van der Waals surface area contributed by atoms with E-state index < -0.39 is 0 Å². The standard InChI is InChI=1S/C16H24N2O3/c1-20-15-6-4-5-14(13-15)7-9-17-16(19)8-11-18-10-2-3-12-21-18/h4-6,13H,2-3,7-12H2,1H3,(H,17,19). The molecule has 1 aliphatic rings. The van der Waals surface area contributed by atoms with Gasteiger partial charge in [0.1, 0.15) is 5.75 Å². The fourth-order valence-electron chi connectivity index (χ4n) is 2.31. The molecule has 2 rings (SSSR count). The Morgan fingerprint density at radius 1 is 1.43 bits per heavy atom. The molecule has 116 valence electrons. The van der Waals surface area contributed by atoms with Gasteiger partial charge in [-0.3, -0.25) is 9.63 Å². The summed E-state index contributed by atoms with van der Waals surface area (Å²) >= 11 is 0. The van der Waals surface area contributed by atoms with E-state index in [0.717, 1.165) is 43.7 Å². The van der Waals surface area contributed by atoms with Gasteiger partial charge in [-0.15, -0.1) is 0 Å². The van der Waals surface area contributed by atoms with Crippen molar-refractivity contribution in [2.24, 2.45) is 0 Å². The van der Waals surface area contributed by atoms with Gasteiger partial charge in [0.15, 0.2) is 0 Å². The van der Waals surface area contributed by atoms with Gasteiger partial charge in [0.25, 0.3) is 0 Å². The smallest absolute Gasteiger partial charge is 0.221 e. The molecule has 5 nitrogen and oxygen atoms in total. The fraction of sp³-hybridized carbons (Fsp3) is 0.562. The Bertz CT molecular complexity index is 445. The van der Waals surface area contributed by atoms with Crippen LogP contribution in [-0.4, -0.2) is 44.3 Å². The molecule has 0 spiro atoms. The van der Waals surface area contributed by atoms with Crippen molar-refractivity contribution < 1.29 is 14.4 Å². The molecule has 0 atom stereocenters. The predicted molar refractivity (Wildman–Crippen MR) is 81.1 cm³/mol. The Kier molecular flexibility index (Phi) is 6.50. The Balaban J connectivity index is 1.62. The summed E-state index contributed by atoms with van der Waals surface area (Å²) < 4.78 is 5.18. The monoisotopic (exact) mass is 292 g/mol. The van der Waals surface area contributed by atoms with Gasteiger partial charge in [-0.1, -0.05) is 12.1 Å². The lowest BCUT2D eigenvalue weighted by Crippen LogP contribution is -2.34. The highest BCUT2D eigenvalue weighted by Crippen LogP contribution is 2.12. The molecular formula is C16H24N2O3. The summed E-state index contributed by atoms with van der Waals surface area (Å²) in [6.07, 6.45) is 3.56. The Hall–Kier alpha value is -1.59. The number of carbonyl (C=O) groups is 1. The van der Waals surface area contributed by atoms with Crippen LogP contribution in [0.3, 0.4) is 0 Å². The summed E-state index contributed by atoms with van der Waals surface area (Å²) in [6.45, 7) is 3.02. The van der Waals surface area contributed by atoms with Crippen LogP contribution >= 0.6 is 0 Å². The quantitative estimate of drug-likeness (QED) is 0.832. The summed E-state index contributed by atoms with van der Waals surface area (Å²) in [5.41, 5.74) is 1.16. The first-order valence-electron chi connectivity index (χ1n) is 7.55. The number of benzene rings is 1. The van der Waals surface area contributed by atoms with E-state index in [0.29, 0.717) is 19.5 Å². The first kappa shape index (κ1) is 15.8. The van der Waals surface area contributed by atoms with E-state index in [1.165, 1.54) is 0 Å². The maximum absolute atomic E-state index is 11.8. The van der Waals surface area contributed by atoms with Crippen LogP contribution in [-0.2, 0) is 16.1 Å². The van der Waals surface area contributed by atoms with E-state index in [1.807, 2.05) is 29.3 Å². The topological polar surface area (TPSA) is 50.8 Å². The highest BCUT2D eigenvalue weighted by molar-refractivity contribution is 5.76. The van der Waals surface area contributed by atoms with Gasteiger partial charge in [-0.25, -0.2) is 0 Å². The molecule has 1 saturated heterocycles. The molecule has 1 N–H and O–H groups in total. The lowest BCUT2D eigenvalue weighted by molar-refractivity contribution is -0.181. The van der Waals surface area contributed by atoms with Crippen molar-refractivity contribution in [2.45, 2.75) is 25.7 Å². The highest BCUT2D eigenvalue weighted by atomic mass is 16.7. The Morgan fingerprint density at radius 3 is 3.10 bits per heavy atom. The molecule has 0 unspecified atom stereocenters. The number of nitrogens with one attached hydrogen (secondary N) is 1. The van der Waals surface area contributed by atoms with E-state index in [2.05, 4.69) is 5.32 Å². The van der Waals surface area contributed by atoms with Gasteiger partial charge >= 0.3 is 0 Å². The third-order valence-electron chi connectivity index (χ3n) is 3.53. The van der Waals surface area contributed by atoms with Crippen LogP contribution in [0.5, 0.6) is 5.75 Å². The Labute approximate surface area is 126 Å². The van der Waals surface area contributed by atoms with E-state index in [-0.39, 0.29) is 5.91 Å². The second-order valence-electron chi connectivity index (χ2n) is 5.17.